The maximum Gasteiger partial charge on any atom is 0.183 e. The van der Waals surface area contributed by atoms with Crippen molar-refractivity contribution in [3.63, 3.8) is 0 Å². The van der Waals surface area contributed by atoms with Crippen LogP contribution in [0.4, 0.5) is 4.53 Å². The Kier molecular flexibility index (Phi) is 2.37. The van der Waals surface area contributed by atoms with E-state index in [1.807, 2.05) is 19.1 Å². The standard InChI is InChI=1S/C12H9FO2/c1-8-6-12(15-13)11(7-14)10-5-3-2-4-9(8)10/h2-7H,1H3. The van der Waals surface area contributed by atoms with Gasteiger partial charge in [0.2, 0.25) is 0 Å². The Labute approximate surface area is 86.2 Å². The molecule has 0 radical (unpaired) electrons. The lowest BCUT2D eigenvalue weighted by Crippen LogP contribution is -1.91. The van der Waals surface area contributed by atoms with Gasteiger partial charge in [-0.15, -0.1) is 0 Å². The molecule has 0 aliphatic rings. The zero-order valence-electron chi connectivity index (χ0n) is 8.16. The van der Waals surface area contributed by atoms with Gasteiger partial charge in [0, 0.05) is 4.53 Å². The van der Waals surface area contributed by atoms with Crippen molar-refractivity contribution in [3.8, 4) is 5.75 Å². The summed E-state index contributed by atoms with van der Waals surface area (Å²) in [6, 6.07) is 8.86. The van der Waals surface area contributed by atoms with Crippen LogP contribution in [0.2, 0.25) is 0 Å². The Balaban J connectivity index is 2.91. The highest BCUT2D eigenvalue weighted by atomic mass is 19.3. The SMILES string of the molecule is Cc1cc(OF)c(C=O)c2ccccc12. The van der Waals surface area contributed by atoms with Gasteiger partial charge in [-0.05, 0) is 29.3 Å². The van der Waals surface area contributed by atoms with Crippen LogP contribution in [0.3, 0.4) is 0 Å². The number of carbonyl (C=O) groups excluding carboxylic acids is 1. The highest BCUT2D eigenvalue weighted by Gasteiger charge is 2.10. The second-order valence-corrected chi connectivity index (χ2v) is 3.35. The molecule has 3 heteroatoms. The van der Waals surface area contributed by atoms with Gasteiger partial charge in [-0.1, -0.05) is 24.3 Å². The molecule has 0 saturated heterocycles. The summed E-state index contributed by atoms with van der Waals surface area (Å²) >= 11 is 0. The molecule has 0 spiro atoms. The molecule has 0 unspecified atom stereocenters. The van der Waals surface area contributed by atoms with Gasteiger partial charge in [0.05, 0.1) is 5.56 Å². The van der Waals surface area contributed by atoms with E-state index < -0.39 is 0 Å². The fourth-order valence-corrected chi connectivity index (χ4v) is 1.73. The van der Waals surface area contributed by atoms with Gasteiger partial charge in [0.25, 0.3) is 0 Å². The maximum atomic E-state index is 12.2. The topological polar surface area (TPSA) is 26.3 Å². The fourth-order valence-electron chi connectivity index (χ4n) is 1.73. The Bertz CT molecular complexity index is 520. The number of hydrogen-bond acceptors (Lipinski definition) is 2. The molecule has 0 fully saturated rings. The van der Waals surface area contributed by atoms with Gasteiger partial charge in [0.1, 0.15) is 0 Å². The van der Waals surface area contributed by atoms with E-state index in [0.717, 1.165) is 10.9 Å². The summed E-state index contributed by atoms with van der Waals surface area (Å²) in [4.78, 5) is 14.6. The Morgan fingerprint density at radius 2 is 1.93 bits per heavy atom. The number of aldehydes is 1. The van der Waals surface area contributed by atoms with Crippen LogP contribution in [0.1, 0.15) is 15.9 Å². The summed E-state index contributed by atoms with van der Waals surface area (Å²) in [6.45, 7) is 1.85. The number of hydrogen-bond donors (Lipinski definition) is 0. The molecule has 0 amide bonds. The van der Waals surface area contributed by atoms with Crippen molar-refractivity contribution in [1.29, 1.82) is 0 Å². The quantitative estimate of drug-likeness (QED) is 0.702. The monoisotopic (exact) mass is 204 g/mol. The molecule has 15 heavy (non-hydrogen) atoms. The molecule has 0 N–H and O–H groups in total. The van der Waals surface area contributed by atoms with E-state index in [2.05, 4.69) is 4.94 Å². The summed E-state index contributed by atoms with van der Waals surface area (Å²) < 4.78 is 12.2. The lowest BCUT2D eigenvalue weighted by atomic mass is 10.00. The molecule has 0 aliphatic carbocycles. The van der Waals surface area contributed by atoms with Gasteiger partial charge in [-0.25, -0.2) is 0 Å². The van der Waals surface area contributed by atoms with E-state index in [1.165, 1.54) is 6.07 Å². The van der Waals surface area contributed by atoms with E-state index in [9.17, 15) is 9.32 Å². The molecular formula is C12H9FO2. The first-order valence-corrected chi connectivity index (χ1v) is 4.54. The van der Waals surface area contributed by atoms with Gasteiger partial charge < -0.3 is 0 Å². The number of fused-ring (bicyclic) bond motifs is 1. The average molecular weight is 204 g/mol. The van der Waals surface area contributed by atoms with Crippen LogP contribution in [0.25, 0.3) is 10.8 Å². The molecule has 0 aliphatic heterocycles. The molecule has 2 rings (SSSR count). The zero-order chi connectivity index (χ0) is 10.8. The van der Waals surface area contributed by atoms with Crippen LogP contribution >= 0.6 is 0 Å². The summed E-state index contributed by atoms with van der Waals surface area (Å²) in [5.74, 6) is -0.0267. The number of rotatable bonds is 2. The van der Waals surface area contributed by atoms with Crippen molar-refractivity contribution >= 4 is 17.1 Å². The maximum absolute atomic E-state index is 12.2. The van der Waals surface area contributed by atoms with E-state index in [4.69, 9.17) is 0 Å². The molecule has 0 heterocycles. The van der Waals surface area contributed by atoms with Gasteiger partial charge in [0.15, 0.2) is 12.0 Å². The van der Waals surface area contributed by atoms with Crippen LogP contribution in [-0.4, -0.2) is 6.29 Å². The summed E-state index contributed by atoms with van der Waals surface area (Å²) in [5.41, 5.74) is 1.13. The van der Waals surface area contributed by atoms with Crippen LogP contribution < -0.4 is 4.94 Å². The minimum atomic E-state index is -0.0267. The summed E-state index contributed by atoms with van der Waals surface area (Å²) in [7, 11) is 0. The fraction of sp³-hybridized carbons (Fsp3) is 0.0833. The van der Waals surface area contributed by atoms with Crippen LogP contribution in [0.15, 0.2) is 30.3 Å². The smallest absolute Gasteiger partial charge is 0.183 e. The lowest BCUT2D eigenvalue weighted by molar-refractivity contribution is -0.00670. The first-order chi connectivity index (χ1) is 7.27. The van der Waals surface area contributed by atoms with Gasteiger partial charge in [-0.2, -0.15) is 0 Å². The molecule has 0 atom stereocenters. The Hall–Kier alpha value is -1.90. The van der Waals surface area contributed by atoms with Crippen LogP contribution in [-0.2, 0) is 0 Å². The van der Waals surface area contributed by atoms with E-state index in [-0.39, 0.29) is 11.3 Å². The number of benzene rings is 2. The molecular weight excluding hydrogens is 195 g/mol. The van der Waals surface area contributed by atoms with Crippen molar-refractivity contribution in [1.82, 2.24) is 0 Å². The third kappa shape index (κ3) is 1.46. The Morgan fingerprint density at radius 3 is 2.53 bits per heavy atom. The van der Waals surface area contributed by atoms with Crippen LogP contribution in [0.5, 0.6) is 5.75 Å². The van der Waals surface area contributed by atoms with Crippen molar-refractivity contribution in [3.05, 3.63) is 41.5 Å². The Morgan fingerprint density at radius 1 is 1.27 bits per heavy atom. The normalized spacial score (nSPS) is 10.3. The number of carbonyl (C=O) groups is 1. The molecule has 0 saturated carbocycles. The highest BCUT2D eigenvalue weighted by Crippen LogP contribution is 2.29. The van der Waals surface area contributed by atoms with Crippen LogP contribution in [0, 0.1) is 6.92 Å². The largest absolute Gasteiger partial charge is 0.298 e. The summed E-state index contributed by atoms with van der Waals surface area (Å²) in [6.07, 6.45) is 0.608. The van der Waals surface area contributed by atoms with Gasteiger partial charge >= 0.3 is 0 Å². The van der Waals surface area contributed by atoms with Crippen molar-refractivity contribution in [2.24, 2.45) is 0 Å². The van der Waals surface area contributed by atoms with E-state index in [0.29, 0.717) is 11.7 Å². The number of aryl methyl sites for hydroxylation is 1. The van der Waals surface area contributed by atoms with Crippen molar-refractivity contribution in [2.45, 2.75) is 6.92 Å². The minimum absolute atomic E-state index is 0.0267. The predicted octanol–water partition coefficient (Wildman–Crippen LogP) is 3.22. The lowest BCUT2D eigenvalue weighted by Gasteiger charge is -2.07. The van der Waals surface area contributed by atoms with E-state index >= 15 is 0 Å². The molecule has 2 aromatic rings. The molecule has 2 aromatic carbocycles. The average Bonchev–Trinajstić information content (AvgIpc) is 2.29. The number of halogens is 1. The highest BCUT2D eigenvalue weighted by molar-refractivity contribution is 6.02. The molecule has 0 aromatic heterocycles. The zero-order valence-corrected chi connectivity index (χ0v) is 8.16. The minimum Gasteiger partial charge on any atom is -0.298 e. The second-order valence-electron chi connectivity index (χ2n) is 3.35. The first kappa shape index (κ1) is 9.65. The van der Waals surface area contributed by atoms with Gasteiger partial charge in [-0.3, -0.25) is 9.74 Å². The third-order valence-corrected chi connectivity index (χ3v) is 2.46. The van der Waals surface area contributed by atoms with Crippen molar-refractivity contribution < 1.29 is 14.3 Å². The summed E-state index contributed by atoms with van der Waals surface area (Å²) in [5, 5.41) is 1.64. The molecule has 2 nitrogen and oxygen atoms in total. The second kappa shape index (κ2) is 3.69. The molecule has 0 bridgehead atoms. The predicted molar refractivity (Wildman–Crippen MR) is 55.8 cm³/mol. The first-order valence-electron chi connectivity index (χ1n) is 4.54. The third-order valence-electron chi connectivity index (χ3n) is 2.46. The van der Waals surface area contributed by atoms with Crippen molar-refractivity contribution in [2.75, 3.05) is 0 Å². The van der Waals surface area contributed by atoms with E-state index in [1.54, 1.807) is 12.1 Å². The molecule has 76 valence electrons.